The van der Waals surface area contributed by atoms with Crippen LogP contribution < -0.4 is 30.6 Å². The molecule has 0 spiro atoms. The van der Waals surface area contributed by atoms with Crippen molar-refractivity contribution in [2.24, 2.45) is 5.73 Å². The highest BCUT2D eigenvalue weighted by Crippen LogP contribution is 2.34. The molecule has 0 radical (unpaired) electrons. The minimum Gasteiger partial charge on any atom is -0.496 e. The van der Waals surface area contributed by atoms with Crippen LogP contribution in [0.3, 0.4) is 0 Å². The first-order valence-electron chi connectivity index (χ1n) is 9.36. The number of nitrogens with two attached hydrogens (primary N) is 1. The minimum atomic E-state index is -0.204. The van der Waals surface area contributed by atoms with Crippen LogP contribution in [0.15, 0.2) is 36.4 Å². The molecule has 2 aromatic rings. The predicted octanol–water partition coefficient (Wildman–Crippen LogP) is 1.67. The second-order valence-electron chi connectivity index (χ2n) is 6.66. The van der Waals surface area contributed by atoms with Gasteiger partial charge in [0.25, 0.3) is 5.91 Å². The Bertz CT molecular complexity index is 858. The monoisotopic (exact) mass is 401 g/mol. The Balaban J connectivity index is 1.81. The van der Waals surface area contributed by atoms with Crippen molar-refractivity contribution in [2.75, 3.05) is 34.4 Å². The zero-order valence-electron chi connectivity index (χ0n) is 16.9. The third-order valence-corrected chi connectivity index (χ3v) is 4.91. The largest absolute Gasteiger partial charge is 0.496 e. The molecule has 8 heteroatoms. The van der Waals surface area contributed by atoms with E-state index in [9.17, 15) is 4.79 Å². The number of nitrogens with one attached hydrogen (secondary N) is 2. The van der Waals surface area contributed by atoms with Gasteiger partial charge in [-0.15, -0.1) is 0 Å². The van der Waals surface area contributed by atoms with Gasteiger partial charge in [-0.05, 0) is 24.3 Å². The van der Waals surface area contributed by atoms with Crippen molar-refractivity contribution in [1.82, 2.24) is 10.6 Å². The van der Waals surface area contributed by atoms with E-state index in [2.05, 4.69) is 10.6 Å². The number of hydrogen-bond donors (Lipinski definition) is 3. The summed E-state index contributed by atoms with van der Waals surface area (Å²) in [5, 5.41) is 6.21. The van der Waals surface area contributed by atoms with Gasteiger partial charge in [0.1, 0.15) is 11.5 Å². The van der Waals surface area contributed by atoms with Crippen LogP contribution in [0.5, 0.6) is 23.0 Å². The fourth-order valence-corrected chi connectivity index (χ4v) is 3.28. The standard InChI is InChI=1S/C21H27N3O5/c1-26-17-7-5-13(21(25)24-16-11-23-12-20(16)28-3)8-19(17)29-15-6-4-14(10-22)18(9-15)27-2/h4-9,16,20,23H,10-12,22H2,1-3H3,(H,24,25)/t16-,20-/m0/s1. The first-order chi connectivity index (χ1) is 14.1. The summed E-state index contributed by atoms with van der Waals surface area (Å²) >= 11 is 0. The van der Waals surface area contributed by atoms with Gasteiger partial charge in [-0.3, -0.25) is 4.79 Å². The van der Waals surface area contributed by atoms with Crippen LogP contribution in [0.1, 0.15) is 15.9 Å². The van der Waals surface area contributed by atoms with Crippen LogP contribution in [-0.2, 0) is 11.3 Å². The third kappa shape index (κ3) is 4.79. The lowest BCUT2D eigenvalue weighted by molar-refractivity contribution is 0.0779. The van der Waals surface area contributed by atoms with Gasteiger partial charge in [0.2, 0.25) is 0 Å². The van der Waals surface area contributed by atoms with Gasteiger partial charge in [-0.2, -0.15) is 0 Å². The fourth-order valence-electron chi connectivity index (χ4n) is 3.28. The Labute approximate surface area is 170 Å². The summed E-state index contributed by atoms with van der Waals surface area (Å²) < 4.78 is 22.1. The molecule has 0 bridgehead atoms. The lowest BCUT2D eigenvalue weighted by Crippen LogP contribution is -2.43. The third-order valence-electron chi connectivity index (χ3n) is 4.91. The first kappa shape index (κ1) is 20.9. The van der Waals surface area contributed by atoms with Crippen molar-refractivity contribution in [3.05, 3.63) is 47.5 Å². The summed E-state index contributed by atoms with van der Waals surface area (Å²) in [4.78, 5) is 12.7. The molecule has 0 aliphatic carbocycles. The molecule has 1 aliphatic heterocycles. The molecule has 3 rings (SSSR count). The van der Waals surface area contributed by atoms with E-state index >= 15 is 0 Å². The van der Waals surface area contributed by atoms with E-state index in [-0.39, 0.29) is 18.1 Å². The lowest BCUT2D eigenvalue weighted by atomic mass is 10.1. The molecule has 2 atom stereocenters. The molecule has 1 heterocycles. The normalized spacial score (nSPS) is 18.3. The Morgan fingerprint density at radius 2 is 1.86 bits per heavy atom. The molecule has 0 saturated carbocycles. The van der Waals surface area contributed by atoms with Crippen molar-refractivity contribution in [3.63, 3.8) is 0 Å². The highest BCUT2D eigenvalue weighted by Gasteiger charge is 2.28. The van der Waals surface area contributed by atoms with Crippen LogP contribution in [0.4, 0.5) is 0 Å². The minimum absolute atomic E-state index is 0.0542. The van der Waals surface area contributed by atoms with Crippen LogP contribution in [0.2, 0.25) is 0 Å². The highest BCUT2D eigenvalue weighted by atomic mass is 16.5. The van der Waals surface area contributed by atoms with Crippen molar-refractivity contribution in [2.45, 2.75) is 18.7 Å². The van der Waals surface area contributed by atoms with E-state index < -0.39 is 0 Å². The van der Waals surface area contributed by atoms with E-state index in [1.165, 1.54) is 0 Å². The Morgan fingerprint density at radius 1 is 1.07 bits per heavy atom. The van der Waals surface area contributed by atoms with Gasteiger partial charge in [0.05, 0.1) is 26.4 Å². The van der Waals surface area contributed by atoms with Gasteiger partial charge in [-0.25, -0.2) is 0 Å². The Hall–Kier alpha value is -2.81. The Kier molecular flexibility index (Phi) is 6.92. The maximum absolute atomic E-state index is 12.7. The number of benzene rings is 2. The molecule has 8 nitrogen and oxygen atoms in total. The van der Waals surface area contributed by atoms with Gasteiger partial charge in [0.15, 0.2) is 11.5 Å². The topological polar surface area (TPSA) is 104 Å². The van der Waals surface area contributed by atoms with Crippen LogP contribution in [0.25, 0.3) is 0 Å². The van der Waals surface area contributed by atoms with E-state index in [4.69, 9.17) is 24.7 Å². The maximum Gasteiger partial charge on any atom is 0.251 e. The number of amides is 1. The molecule has 1 fully saturated rings. The van der Waals surface area contributed by atoms with Crippen molar-refractivity contribution >= 4 is 5.91 Å². The smallest absolute Gasteiger partial charge is 0.251 e. The summed E-state index contributed by atoms with van der Waals surface area (Å²) in [6.45, 7) is 1.73. The molecular weight excluding hydrogens is 374 g/mol. The molecular formula is C21H27N3O5. The van der Waals surface area contributed by atoms with E-state index in [1.807, 2.05) is 6.07 Å². The molecule has 0 unspecified atom stereocenters. The lowest BCUT2D eigenvalue weighted by Gasteiger charge is -2.19. The number of ether oxygens (including phenoxy) is 4. The highest BCUT2D eigenvalue weighted by molar-refractivity contribution is 5.95. The van der Waals surface area contributed by atoms with Gasteiger partial charge < -0.3 is 35.3 Å². The molecule has 1 saturated heterocycles. The van der Waals surface area contributed by atoms with E-state index in [0.29, 0.717) is 48.2 Å². The van der Waals surface area contributed by atoms with Crippen LogP contribution in [0, 0.1) is 0 Å². The molecule has 4 N–H and O–H groups in total. The van der Waals surface area contributed by atoms with E-state index in [0.717, 1.165) is 5.56 Å². The first-order valence-corrected chi connectivity index (χ1v) is 9.36. The summed E-state index contributed by atoms with van der Waals surface area (Å²) in [6.07, 6.45) is -0.0542. The number of carbonyl (C=O) groups is 1. The fraction of sp³-hybridized carbons (Fsp3) is 0.381. The number of hydrogen-bond acceptors (Lipinski definition) is 7. The van der Waals surface area contributed by atoms with Crippen LogP contribution >= 0.6 is 0 Å². The second-order valence-corrected chi connectivity index (χ2v) is 6.66. The summed E-state index contributed by atoms with van der Waals surface area (Å²) in [5.41, 5.74) is 7.05. The number of rotatable bonds is 8. The van der Waals surface area contributed by atoms with Crippen LogP contribution in [-0.4, -0.2) is 52.5 Å². The molecule has 0 aromatic heterocycles. The molecule has 156 valence electrons. The zero-order valence-corrected chi connectivity index (χ0v) is 16.9. The molecule has 2 aromatic carbocycles. The number of carbonyl (C=O) groups excluding carboxylic acids is 1. The molecule has 1 amide bonds. The molecule has 29 heavy (non-hydrogen) atoms. The average molecular weight is 401 g/mol. The van der Waals surface area contributed by atoms with Gasteiger partial charge in [0, 0.05) is 43.9 Å². The average Bonchev–Trinajstić information content (AvgIpc) is 3.20. The Morgan fingerprint density at radius 3 is 2.55 bits per heavy atom. The second kappa shape index (κ2) is 9.60. The summed E-state index contributed by atoms with van der Waals surface area (Å²) in [6, 6.07) is 10.4. The van der Waals surface area contributed by atoms with Crippen molar-refractivity contribution in [3.8, 4) is 23.0 Å². The summed E-state index contributed by atoms with van der Waals surface area (Å²) in [7, 11) is 4.77. The zero-order chi connectivity index (χ0) is 20.8. The summed E-state index contributed by atoms with van der Waals surface area (Å²) in [5.74, 6) is 1.92. The quantitative estimate of drug-likeness (QED) is 0.618. The predicted molar refractivity (Wildman–Crippen MR) is 109 cm³/mol. The van der Waals surface area contributed by atoms with Gasteiger partial charge >= 0.3 is 0 Å². The number of methoxy groups -OCH3 is 3. The SMILES string of the molecule is COc1cc(Oc2cc(C(=O)N[C@H]3CNC[C@@H]3OC)ccc2OC)ccc1CN. The van der Waals surface area contributed by atoms with E-state index in [1.54, 1.807) is 51.7 Å². The maximum atomic E-state index is 12.7. The van der Waals surface area contributed by atoms with Crippen molar-refractivity contribution in [1.29, 1.82) is 0 Å². The van der Waals surface area contributed by atoms with Crippen molar-refractivity contribution < 1.29 is 23.7 Å². The molecule has 1 aliphatic rings. The van der Waals surface area contributed by atoms with Gasteiger partial charge in [-0.1, -0.05) is 6.07 Å².